The predicted molar refractivity (Wildman–Crippen MR) is 143 cm³/mol. The minimum absolute atomic E-state index is 0.238. The Bertz CT molecular complexity index is 763. The first-order valence-corrected chi connectivity index (χ1v) is 13.6. The van der Waals surface area contributed by atoms with Gasteiger partial charge in [0.2, 0.25) is 0 Å². The van der Waals surface area contributed by atoms with Crippen LogP contribution in [0.4, 0.5) is 0 Å². The number of unbranched alkanes of at least 4 members (excludes halogenated alkanes) is 10. The van der Waals surface area contributed by atoms with Gasteiger partial charge in [-0.05, 0) is 42.7 Å². The number of aliphatic carboxylic acids is 2. The summed E-state index contributed by atoms with van der Waals surface area (Å²) in [5.74, 6) is -3.00. The normalized spacial score (nSPS) is 11.3. The Morgan fingerprint density at radius 2 is 0.857 bits per heavy atom. The third-order valence-electron chi connectivity index (χ3n) is 6.94. The zero-order chi connectivity index (χ0) is 25.1. The highest BCUT2D eigenvalue weighted by Crippen LogP contribution is 2.22. The molecule has 2 aromatic rings. The topological polar surface area (TPSA) is 74.6 Å². The maximum atomic E-state index is 10.9. The minimum atomic E-state index is -1.25. The first-order valence-electron chi connectivity index (χ1n) is 13.6. The monoisotopic (exact) mass is 480 g/mol. The van der Waals surface area contributed by atoms with Gasteiger partial charge in [-0.3, -0.25) is 9.59 Å². The maximum Gasteiger partial charge on any atom is 0.317 e. The van der Waals surface area contributed by atoms with Crippen molar-refractivity contribution in [3.63, 3.8) is 0 Å². The molecule has 0 atom stereocenters. The lowest BCUT2D eigenvalue weighted by molar-refractivity contribution is -0.154. The average Bonchev–Trinajstić information content (AvgIpc) is 2.85. The van der Waals surface area contributed by atoms with Crippen LogP contribution in [0, 0.1) is 11.8 Å². The molecular weight excluding hydrogens is 436 g/mol. The highest BCUT2D eigenvalue weighted by atomic mass is 16.4. The number of rotatable bonds is 20. The fraction of sp³-hybridized carbons (Fsp3) is 0.548. The van der Waals surface area contributed by atoms with E-state index >= 15 is 0 Å². The van der Waals surface area contributed by atoms with Crippen LogP contribution in [0.15, 0.2) is 60.7 Å². The number of benzene rings is 2. The molecule has 0 unspecified atom stereocenters. The second kappa shape index (κ2) is 17.8. The number of carboxylic acid groups (broad SMARTS) is 2. The predicted octanol–water partition coefficient (Wildman–Crippen LogP) is 7.94. The highest BCUT2D eigenvalue weighted by Gasteiger charge is 2.24. The SMILES string of the molecule is O=C(O)C(CCCCCCCCCCCCCC(Cc1ccccc1)Cc1ccccc1)C(=O)O. The molecule has 0 aliphatic rings. The Morgan fingerprint density at radius 3 is 1.23 bits per heavy atom. The van der Waals surface area contributed by atoms with Gasteiger partial charge in [0.15, 0.2) is 5.92 Å². The smallest absolute Gasteiger partial charge is 0.317 e. The molecule has 0 aliphatic carbocycles. The molecule has 0 spiro atoms. The van der Waals surface area contributed by atoms with E-state index in [2.05, 4.69) is 60.7 Å². The first kappa shape index (κ1) is 28.6. The number of hydrogen-bond acceptors (Lipinski definition) is 2. The van der Waals surface area contributed by atoms with Gasteiger partial charge < -0.3 is 10.2 Å². The van der Waals surface area contributed by atoms with E-state index < -0.39 is 17.9 Å². The Labute approximate surface area is 211 Å². The first-order chi connectivity index (χ1) is 17.1. The number of carbonyl (C=O) groups is 2. The Hall–Kier alpha value is -2.62. The zero-order valence-corrected chi connectivity index (χ0v) is 21.2. The minimum Gasteiger partial charge on any atom is -0.481 e. The molecule has 0 amide bonds. The summed E-state index contributed by atoms with van der Waals surface area (Å²) in [4.78, 5) is 21.7. The molecule has 4 nitrogen and oxygen atoms in total. The van der Waals surface area contributed by atoms with Crippen LogP contribution < -0.4 is 0 Å². The van der Waals surface area contributed by atoms with E-state index in [-0.39, 0.29) is 6.42 Å². The van der Waals surface area contributed by atoms with Gasteiger partial charge in [-0.15, -0.1) is 0 Å². The van der Waals surface area contributed by atoms with Crippen molar-refractivity contribution in [1.29, 1.82) is 0 Å². The van der Waals surface area contributed by atoms with E-state index in [0.29, 0.717) is 12.3 Å². The summed E-state index contributed by atoms with van der Waals surface area (Å²) >= 11 is 0. The maximum absolute atomic E-state index is 10.9. The van der Waals surface area contributed by atoms with Gasteiger partial charge in [0.05, 0.1) is 0 Å². The van der Waals surface area contributed by atoms with Crippen LogP contribution >= 0.6 is 0 Å². The molecule has 0 fully saturated rings. The van der Waals surface area contributed by atoms with E-state index in [0.717, 1.165) is 32.1 Å². The van der Waals surface area contributed by atoms with E-state index in [9.17, 15) is 9.59 Å². The summed E-state index contributed by atoms with van der Waals surface area (Å²) in [5, 5.41) is 17.8. The molecule has 4 heteroatoms. The Morgan fingerprint density at radius 1 is 0.514 bits per heavy atom. The molecule has 0 heterocycles. The van der Waals surface area contributed by atoms with E-state index in [1.54, 1.807) is 0 Å². The molecule has 2 rings (SSSR count). The van der Waals surface area contributed by atoms with Crippen LogP contribution in [0.25, 0.3) is 0 Å². The quantitative estimate of drug-likeness (QED) is 0.149. The van der Waals surface area contributed by atoms with Gasteiger partial charge in [0, 0.05) is 0 Å². The zero-order valence-electron chi connectivity index (χ0n) is 21.2. The highest BCUT2D eigenvalue weighted by molar-refractivity contribution is 5.92. The lowest BCUT2D eigenvalue weighted by Crippen LogP contribution is -2.23. The fourth-order valence-corrected chi connectivity index (χ4v) is 4.90. The summed E-state index contributed by atoms with van der Waals surface area (Å²) in [5.41, 5.74) is 2.88. The lowest BCUT2D eigenvalue weighted by atomic mass is 9.88. The van der Waals surface area contributed by atoms with Gasteiger partial charge in [0.1, 0.15) is 0 Å². The van der Waals surface area contributed by atoms with Crippen molar-refractivity contribution >= 4 is 11.9 Å². The number of carboxylic acids is 2. The summed E-state index contributed by atoms with van der Waals surface area (Å²) in [7, 11) is 0. The van der Waals surface area contributed by atoms with Crippen LogP contribution in [0.2, 0.25) is 0 Å². The summed E-state index contributed by atoms with van der Waals surface area (Å²) in [6, 6.07) is 21.8. The molecule has 0 bridgehead atoms. The molecule has 35 heavy (non-hydrogen) atoms. The van der Waals surface area contributed by atoms with Gasteiger partial charge in [-0.25, -0.2) is 0 Å². The van der Waals surface area contributed by atoms with Gasteiger partial charge in [0.25, 0.3) is 0 Å². The number of hydrogen-bond donors (Lipinski definition) is 2. The standard InChI is InChI=1S/C31H44O4/c32-30(33)29(31(34)35)23-17-9-7-5-3-1-2-4-6-8-12-22-28(24-26-18-13-10-14-19-26)25-27-20-15-11-16-21-27/h10-11,13-16,18-21,28-29H,1-9,12,17,22-25H2,(H,32,33)(H,34,35). The van der Waals surface area contributed by atoms with Gasteiger partial charge in [-0.1, -0.05) is 131 Å². The van der Waals surface area contributed by atoms with Crippen LogP contribution in [0.5, 0.6) is 0 Å². The largest absolute Gasteiger partial charge is 0.481 e. The van der Waals surface area contributed by atoms with Crippen molar-refractivity contribution < 1.29 is 19.8 Å². The van der Waals surface area contributed by atoms with Crippen molar-refractivity contribution in [2.75, 3.05) is 0 Å². The molecule has 2 aromatic carbocycles. The molecule has 0 aromatic heterocycles. The fourth-order valence-electron chi connectivity index (χ4n) is 4.90. The molecular formula is C31H44O4. The van der Waals surface area contributed by atoms with Gasteiger partial charge >= 0.3 is 11.9 Å². The summed E-state index contributed by atoms with van der Waals surface area (Å²) in [6.45, 7) is 0. The Kier molecular flexibility index (Phi) is 14.5. The van der Waals surface area contributed by atoms with Gasteiger partial charge in [-0.2, -0.15) is 0 Å². The van der Waals surface area contributed by atoms with Crippen molar-refractivity contribution in [3.05, 3.63) is 71.8 Å². The molecule has 0 saturated carbocycles. The van der Waals surface area contributed by atoms with Crippen LogP contribution in [0.1, 0.15) is 94.6 Å². The van der Waals surface area contributed by atoms with Crippen LogP contribution in [0.3, 0.4) is 0 Å². The third kappa shape index (κ3) is 13.2. The Balaban J connectivity index is 1.50. The average molecular weight is 481 g/mol. The third-order valence-corrected chi connectivity index (χ3v) is 6.94. The molecule has 192 valence electrons. The van der Waals surface area contributed by atoms with Crippen molar-refractivity contribution in [2.45, 2.75) is 96.3 Å². The van der Waals surface area contributed by atoms with E-state index in [4.69, 9.17) is 10.2 Å². The van der Waals surface area contributed by atoms with Crippen molar-refractivity contribution in [1.82, 2.24) is 0 Å². The molecule has 0 radical (unpaired) electrons. The van der Waals surface area contributed by atoms with Crippen molar-refractivity contribution in [3.8, 4) is 0 Å². The molecule has 2 N–H and O–H groups in total. The summed E-state index contributed by atoms with van der Waals surface area (Å²) in [6.07, 6.45) is 16.7. The summed E-state index contributed by atoms with van der Waals surface area (Å²) < 4.78 is 0. The lowest BCUT2D eigenvalue weighted by Gasteiger charge is -2.17. The second-order valence-electron chi connectivity index (χ2n) is 9.94. The van der Waals surface area contributed by atoms with Crippen molar-refractivity contribution in [2.24, 2.45) is 11.8 Å². The second-order valence-corrected chi connectivity index (χ2v) is 9.94. The van der Waals surface area contributed by atoms with E-state index in [1.165, 1.54) is 62.5 Å². The molecule has 0 aliphatic heterocycles. The molecule has 0 saturated heterocycles. The van der Waals surface area contributed by atoms with E-state index in [1.807, 2.05) is 0 Å². The van der Waals surface area contributed by atoms with Crippen LogP contribution in [-0.4, -0.2) is 22.2 Å². The van der Waals surface area contributed by atoms with Crippen LogP contribution in [-0.2, 0) is 22.4 Å².